The summed E-state index contributed by atoms with van der Waals surface area (Å²) in [7, 11) is 2.33. The van der Waals surface area contributed by atoms with Crippen LogP contribution in [0.2, 0.25) is 0 Å². The van der Waals surface area contributed by atoms with E-state index in [-0.39, 0.29) is 6.61 Å². The Labute approximate surface area is 121 Å². The van der Waals surface area contributed by atoms with Gasteiger partial charge in [0.15, 0.2) is 5.54 Å². The highest BCUT2D eigenvalue weighted by Gasteiger charge is 2.74. The zero-order valence-corrected chi connectivity index (χ0v) is 12.0. The third kappa shape index (κ3) is 3.04. The molecule has 0 aromatic heterocycles. The van der Waals surface area contributed by atoms with Crippen LogP contribution in [0.15, 0.2) is 12.2 Å². The van der Waals surface area contributed by atoms with Crippen LogP contribution in [0, 0.1) is 11.8 Å². The van der Waals surface area contributed by atoms with Crippen molar-refractivity contribution >= 4 is 24.3 Å². The summed E-state index contributed by atoms with van der Waals surface area (Å²) in [4.78, 5) is 45.7. The molecule has 0 aliphatic heterocycles. The minimum Gasteiger partial charge on any atom is -0.467 e. The number of methoxy groups -OCH3 is 2. The van der Waals surface area contributed by atoms with E-state index in [0.717, 1.165) is 13.2 Å². The number of rotatable bonds is 7. The van der Waals surface area contributed by atoms with E-state index in [2.05, 4.69) is 14.8 Å². The number of ether oxygens (including phenoxy) is 3. The summed E-state index contributed by atoms with van der Waals surface area (Å²) >= 11 is 0. The first-order chi connectivity index (χ1) is 9.99. The third-order valence-corrected chi connectivity index (χ3v) is 3.27. The van der Waals surface area contributed by atoms with Gasteiger partial charge in [0.05, 0.1) is 20.8 Å². The van der Waals surface area contributed by atoms with Gasteiger partial charge in [-0.1, -0.05) is 6.08 Å². The maximum absolute atomic E-state index is 11.9. The van der Waals surface area contributed by atoms with Gasteiger partial charge in [0.1, 0.15) is 5.92 Å². The van der Waals surface area contributed by atoms with E-state index in [0.29, 0.717) is 6.41 Å². The molecule has 0 aromatic carbocycles. The Bertz CT molecular complexity index is 473. The molecular weight excluding hydrogens is 282 g/mol. The summed E-state index contributed by atoms with van der Waals surface area (Å²) in [6.45, 7) is 1.74. The summed E-state index contributed by atoms with van der Waals surface area (Å²) in [5.74, 6) is -3.78. The second-order valence-corrected chi connectivity index (χ2v) is 4.26. The quantitative estimate of drug-likeness (QED) is 0.283. The first-order valence-electron chi connectivity index (χ1n) is 6.22. The molecule has 1 aliphatic carbocycles. The van der Waals surface area contributed by atoms with Gasteiger partial charge in [0, 0.05) is 12.0 Å². The molecular formula is C13H17NO7. The average Bonchev–Trinajstić information content (AvgIpc) is 3.13. The molecule has 1 rings (SSSR count). The highest BCUT2D eigenvalue weighted by atomic mass is 16.5. The van der Waals surface area contributed by atoms with Gasteiger partial charge < -0.3 is 19.5 Å². The van der Waals surface area contributed by atoms with Crippen molar-refractivity contribution in [2.75, 3.05) is 20.8 Å². The van der Waals surface area contributed by atoms with Gasteiger partial charge in [-0.25, -0.2) is 9.59 Å². The largest absolute Gasteiger partial charge is 0.467 e. The van der Waals surface area contributed by atoms with Crippen LogP contribution in [-0.4, -0.2) is 50.7 Å². The molecule has 3 atom stereocenters. The van der Waals surface area contributed by atoms with Gasteiger partial charge >= 0.3 is 17.9 Å². The fourth-order valence-corrected chi connectivity index (χ4v) is 2.27. The molecule has 0 radical (unpaired) electrons. The first kappa shape index (κ1) is 16.7. The predicted octanol–water partition coefficient (Wildman–Crippen LogP) is -0.817. The average molecular weight is 299 g/mol. The highest BCUT2D eigenvalue weighted by Crippen LogP contribution is 2.52. The molecule has 116 valence electrons. The molecule has 8 nitrogen and oxygen atoms in total. The first-order valence-corrected chi connectivity index (χ1v) is 6.22. The smallest absolute Gasteiger partial charge is 0.333 e. The zero-order valence-electron chi connectivity index (χ0n) is 12.0. The number of hydrogen-bond acceptors (Lipinski definition) is 7. The molecule has 21 heavy (non-hydrogen) atoms. The van der Waals surface area contributed by atoms with E-state index in [1.807, 2.05) is 0 Å². The fourth-order valence-electron chi connectivity index (χ4n) is 2.27. The van der Waals surface area contributed by atoms with Gasteiger partial charge in [-0.2, -0.15) is 0 Å². The van der Waals surface area contributed by atoms with Gasteiger partial charge in [-0.05, 0) is 6.92 Å². The van der Waals surface area contributed by atoms with Crippen LogP contribution in [0.1, 0.15) is 6.92 Å². The van der Waals surface area contributed by atoms with E-state index in [9.17, 15) is 19.2 Å². The molecule has 1 amide bonds. The minimum atomic E-state index is -1.55. The summed E-state index contributed by atoms with van der Waals surface area (Å²) in [5.41, 5.74) is -1.55. The Kier molecular flexibility index (Phi) is 5.45. The van der Waals surface area contributed by atoms with Gasteiger partial charge in [0.25, 0.3) is 0 Å². The highest BCUT2D eigenvalue weighted by molar-refractivity contribution is 5.98. The molecule has 0 unspecified atom stereocenters. The Morgan fingerprint density at radius 1 is 1.24 bits per heavy atom. The number of hydrogen-bond donors (Lipinski definition) is 1. The van der Waals surface area contributed by atoms with Crippen molar-refractivity contribution in [3.63, 3.8) is 0 Å². The molecule has 0 aromatic rings. The van der Waals surface area contributed by atoms with E-state index in [4.69, 9.17) is 4.74 Å². The normalized spacial score (nSPS) is 26.8. The molecule has 0 spiro atoms. The van der Waals surface area contributed by atoms with Crippen LogP contribution in [-0.2, 0) is 33.4 Å². The van der Waals surface area contributed by atoms with E-state index >= 15 is 0 Å². The molecule has 1 fully saturated rings. The van der Waals surface area contributed by atoms with Crippen LogP contribution in [0.25, 0.3) is 0 Å². The fraction of sp³-hybridized carbons (Fsp3) is 0.538. The van der Waals surface area contributed by atoms with Crippen LogP contribution in [0.5, 0.6) is 0 Å². The molecule has 8 heteroatoms. The summed E-state index contributed by atoms with van der Waals surface area (Å²) in [6, 6.07) is 0. The predicted molar refractivity (Wildman–Crippen MR) is 68.7 cm³/mol. The SMILES string of the molecule is CCOC(=O)[C@H]1[C@H](/C=C\C(=O)OC)[C@]1(NC=O)C(=O)OC. The van der Waals surface area contributed by atoms with Crippen molar-refractivity contribution < 1.29 is 33.4 Å². The maximum Gasteiger partial charge on any atom is 0.333 e. The Hall–Kier alpha value is -2.38. The van der Waals surface area contributed by atoms with Gasteiger partial charge in [0.2, 0.25) is 6.41 Å². The molecule has 0 heterocycles. The van der Waals surface area contributed by atoms with Gasteiger partial charge in [-0.3, -0.25) is 9.59 Å². The number of carbonyl (C=O) groups is 4. The van der Waals surface area contributed by atoms with E-state index in [1.165, 1.54) is 13.2 Å². The Balaban J connectivity index is 3.07. The molecule has 1 aliphatic rings. The summed E-state index contributed by atoms with van der Waals surface area (Å²) in [5, 5.41) is 2.31. The van der Waals surface area contributed by atoms with Crippen molar-refractivity contribution in [3.8, 4) is 0 Å². The van der Waals surface area contributed by atoms with Crippen LogP contribution in [0.3, 0.4) is 0 Å². The van der Waals surface area contributed by atoms with Crippen molar-refractivity contribution in [2.45, 2.75) is 12.5 Å². The molecule has 1 N–H and O–H groups in total. The summed E-state index contributed by atoms with van der Waals surface area (Å²) < 4.78 is 13.9. The van der Waals surface area contributed by atoms with Gasteiger partial charge in [-0.15, -0.1) is 0 Å². The molecule has 0 bridgehead atoms. The zero-order chi connectivity index (χ0) is 16.0. The van der Waals surface area contributed by atoms with Crippen LogP contribution < -0.4 is 5.32 Å². The molecule has 0 saturated heterocycles. The second-order valence-electron chi connectivity index (χ2n) is 4.26. The summed E-state index contributed by atoms with van der Waals surface area (Å²) in [6.07, 6.45) is 2.70. The standard InChI is InChI=1S/C13H17NO7/c1-4-21-11(17)10-8(5-6-9(16)19-2)13(10,14-7-15)12(18)20-3/h5-8,10H,4H2,1-3H3,(H,14,15)/b6-5-/t8-,10+,13+/m0/s1. The van der Waals surface area contributed by atoms with Crippen molar-refractivity contribution in [1.82, 2.24) is 5.32 Å². The van der Waals surface area contributed by atoms with Crippen molar-refractivity contribution in [1.29, 1.82) is 0 Å². The maximum atomic E-state index is 11.9. The number of carbonyl (C=O) groups excluding carboxylic acids is 4. The van der Waals surface area contributed by atoms with E-state index < -0.39 is 35.3 Å². The Morgan fingerprint density at radius 2 is 1.90 bits per heavy atom. The Morgan fingerprint density at radius 3 is 2.38 bits per heavy atom. The second kappa shape index (κ2) is 6.87. The number of esters is 3. The molecule has 1 saturated carbocycles. The van der Waals surface area contributed by atoms with Crippen LogP contribution in [0.4, 0.5) is 0 Å². The lowest BCUT2D eigenvalue weighted by molar-refractivity contribution is -0.151. The topological polar surface area (TPSA) is 108 Å². The lowest BCUT2D eigenvalue weighted by Gasteiger charge is -2.13. The monoisotopic (exact) mass is 299 g/mol. The number of amides is 1. The minimum absolute atomic E-state index is 0.126. The lowest BCUT2D eigenvalue weighted by atomic mass is 10.2. The van der Waals surface area contributed by atoms with Crippen molar-refractivity contribution in [2.24, 2.45) is 11.8 Å². The van der Waals surface area contributed by atoms with E-state index in [1.54, 1.807) is 6.92 Å². The third-order valence-electron chi connectivity index (χ3n) is 3.27. The van der Waals surface area contributed by atoms with Crippen LogP contribution >= 0.6 is 0 Å². The van der Waals surface area contributed by atoms with Crippen molar-refractivity contribution in [3.05, 3.63) is 12.2 Å². The number of nitrogens with one attached hydrogen (secondary N) is 1. The lowest BCUT2D eigenvalue weighted by Crippen LogP contribution is -2.44.